The molecular formula is C37H38N2O7. The highest BCUT2D eigenvalue weighted by atomic mass is 16.5. The van der Waals surface area contributed by atoms with E-state index in [0.717, 1.165) is 22.3 Å². The maximum atomic E-state index is 13.7. The molecule has 1 N–H and O–H groups in total. The van der Waals surface area contributed by atoms with Crippen LogP contribution in [-0.2, 0) is 28.7 Å². The van der Waals surface area contributed by atoms with E-state index in [1.54, 1.807) is 24.3 Å². The lowest BCUT2D eigenvalue weighted by Crippen LogP contribution is -2.41. The molecule has 1 heterocycles. The second-order valence-corrected chi connectivity index (χ2v) is 12.7. The summed E-state index contributed by atoms with van der Waals surface area (Å²) in [6.07, 6.45) is 1.86. The highest BCUT2D eigenvalue weighted by Gasteiger charge is 2.61. The number of unbranched alkanes of at least 4 members (excludes halogenated alkanes) is 2. The Morgan fingerprint density at radius 3 is 1.80 bits per heavy atom. The van der Waals surface area contributed by atoms with Crippen LogP contribution < -0.4 is 5.32 Å². The summed E-state index contributed by atoms with van der Waals surface area (Å²) in [5.41, 5.74) is 5.46. The molecule has 4 aliphatic rings. The van der Waals surface area contributed by atoms with Gasteiger partial charge in [0.05, 0.1) is 24.0 Å². The van der Waals surface area contributed by atoms with Crippen molar-refractivity contribution in [3.05, 3.63) is 101 Å². The molecule has 238 valence electrons. The molecule has 0 saturated carbocycles. The number of ether oxygens (including phenoxy) is 2. The molecule has 1 fully saturated rings. The summed E-state index contributed by atoms with van der Waals surface area (Å²) in [7, 11) is 0. The van der Waals surface area contributed by atoms with Crippen LogP contribution in [0.2, 0.25) is 0 Å². The number of amides is 3. The largest absolute Gasteiger partial charge is 0.462 e. The van der Waals surface area contributed by atoms with Gasteiger partial charge in [0, 0.05) is 30.5 Å². The second-order valence-electron chi connectivity index (χ2n) is 12.7. The molecule has 2 atom stereocenters. The van der Waals surface area contributed by atoms with Crippen molar-refractivity contribution in [3.63, 3.8) is 0 Å². The topological polar surface area (TPSA) is 119 Å². The lowest BCUT2D eigenvalue weighted by atomic mass is 9.55. The molecule has 7 rings (SSSR count). The number of rotatable bonds is 12. The van der Waals surface area contributed by atoms with E-state index in [9.17, 15) is 24.0 Å². The zero-order valence-electron chi connectivity index (χ0n) is 26.1. The number of nitrogens with zero attached hydrogens (tertiary/aromatic N) is 1. The molecule has 3 aliphatic carbocycles. The van der Waals surface area contributed by atoms with Crippen LogP contribution in [0.3, 0.4) is 0 Å². The number of carbonyl (C=O) groups excluding carboxylic acids is 5. The maximum absolute atomic E-state index is 13.7. The van der Waals surface area contributed by atoms with Crippen LogP contribution in [0.5, 0.6) is 0 Å². The lowest BCUT2D eigenvalue weighted by molar-refractivity contribution is -0.147. The highest BCUT2D eigenvalue weighted by Crippen LogP contribution is 2.60. The van der Waals surface area contributed by atoms with Gasteiger partial charge >= 0.3 is 11.9 Å². The number of esters is 2. The Hall–Kier alpha value is -4.79. The first-order chi connectivity index (χ1) is 22.2. The Balaban J connectivity index is 0.935. The minimum Gasteiger partial charge on any atom is -0.462 e. The van der Waals surface area contributed by atoms with Crippen LogP contribution in [0.1, 0.15) is 84.0 Å². The molecule has 3 aromatic carbocycles. The van der Waals surface area contributed by atoms with Gasteiger partial charge in [-0.2, -0.15) is 0 Å². The van der Waals surface area contributed by atoms with Crippen molar-refractivity contribution in [1.82, 2.24) is 4.90 Å². The van der Waals surface area contributed by atoms with E-state index in [2.05, 4.69) is 29.6 Å². The fourth-order valence-electron chi connectivity index (χ4n) is 7.11. The minimum atomic E-state index is -0.496. The molecule has 0 aromatic heterocycles. The first-order valence-corrected chi connectivity index (χ1v) is 16.0. The zero-order valence-corrected chi connectivity index (χ0v) is 26.1. The van der Waals surface area contributed by atoms with Gasteiger partial charge in [-0.1, -0.05) is 68.8 Å². The summed E-state index contributed by atoms with van der Waals surface area (Å²) >= 11 is 0. The standard InChI is InChI=1S/C37H38N2O7/c1-22(2)20-46-37(44)23-15-17-24(18-16-23)38-29(40)21-45-30(41)14-4-3-9-19-39-35(42)33-31-25-10-5-6-11-26(25)32(34(33)36(39)43)28-13-8-7-12-27(28)31/h5-8,10-13,15-18,22,31-34H,3-4,9,14,19-21H2,1-2H3,(H,38,40)/t31?,32?,33-,34-/m1/s1. The van der Waals surface area contributed by atoms with Gasteiger partial charge in [0.25, 0.3) is 5.91 Å². The van der Waals surface area contributed by atoms with Gasteiger partial charge in [0.1, 0.15) is 0 Å². The molecule has 3 aromatic rings. The summed E-state index contributed by atoms with van der Waals surface area (Å²) in [4.78, 5) is 65.3. The van der Waals surface area contributed by atoms with E-state index >= 15 is 0 Å². The predicted molar refractivity (Wildman–Crippen MR) is 170 cm³/mol. The van der Waals surface area contributed by atoms with Gasteiger partial charge in [-0.25, -0.2) is 4.79 Å². The van der Waals surface area contributed by atoms with Crippen molar-refractivity contribution in [2.45, 2.75) is 51.4 Å². The fraction of sp³-hybridized carbons (Fsp3) is 0.378. The van der Waals surface area contributed by atoms with Gasteiger partial charge in [-0.15, -0.1) is 0 Å². The van der Waals surface area contributed by atoms with E-state index in [0.29, 0.717) is 43.7 Å². The Morgan fingerprint density at radius 1 is 0.739 bits per heavy atom. The van der Waals surface area contributed by atoms with Crippen LogP contribution in [-0.4, -0.2) is 54.3 Å². The molecular weight excluding hydrogens is 584 g/mol. The summed E-state index contributed by atoms with van der Waals surface area (Å²) in [5, 5.41) is 2.64. The van der Waals surface area contributed by atoms with Crippen molar-refractivity contribution < 1.29 is 33.4 Å². The molecule has 0 radical (unpaired) electrons. The van der Waals surface area contributed by atoms with E-state index < -0.39 is 24.5 Å². The summed E-state index contributed by atoms with van der Waals surface area (Å²) in [5.74, 6) is -2.38. The molecule has 2 bridgehead atoms. The molecule has 46 heavy (non-hydrogen) atoms. The predicted octanol–water partition coefficient (Wildman–Crippen LogP) is 5.43. The van der Waals surface area contributed by atoms with Crippen LogP contribution >= 0.6 is 0 Å². The summed E-state index contributed by atoms with van der Waals surface area (Å²) in [6.45, 7) is 4.12. The molecule has 9 heteroatoms. The van der Waals surface area contributed by atoms with E-state index in [4.69, 9.17) is 9.47 Å². The number of carbonyl (C=O) groups is 5. The third-order valence-electron chi connectivity index (χ3n) is 9.12. The molecule has 0 spiro atoms. The van der Waals surface area contributed by atoms with Crippen LogP contribution in [0, 0.1) is 17.8 Å². The maximum Gasteiger partial charge on any atom is 0.338 e. The molecule has 3 amide bonds. The highest BCUT2D eigenvalue weighted by molar-refractivity contribution is 6.07. The fourth-order valence-corrected chi connectivity index (χ4v) is 7.11. The Labute approximate surface area is 268 Å². The SMILES string of the molecule is CC(C)COC(=O)c1ccc(NC(=O)COC(=O)CCCCCN2C(=O)[C@@H]3C4c5ccccc5C(c5ccccc54)[C@H]3C2=O)cc1. The first kappa shape index (κ1) is 31.2. The summed E-state index contributed by atoms with van der Waals surface area (Å²) < 4.78 is 10.3. The number of benzene rings is 3. The normalized spacial score (nSPS) is 20.6. The average molecular weight is 623 g/mol. The molecule has 1 aliphatic heterocycles. The van der Waals surface area contributed by atoms with Crippen molar-refractivity contribution >= 4 is 35.3 Å². The Morgan fingerprint density at radius 2 is 1.28 bits per heavy atom. The van der Waals surface area contributed by atoms with Crippen molar-refractivity contribution in [3.8, 4) is 0 Å². The number of hydrogen-bond acceptors (Lipinski definition) is 7. The zero-order chi connectivity index (χ0) is 32.4. The van der Waals surface area contributed by atoms with Gasteiger partial charge in [0.15, 0.2) is 6.61 Å². The number of nitrogens with one attached hydrogen (secondary N) is 1. The summed E-state index contributed by atoms with van der Waals surface area (Å²) in [6, 6.07) is 22.7. The first-order valence-electron chi connectivity index (χ1n) is 16.0. The van der Waals surface area contributed by atoms with E-state index in [-0.39, 0.29) is 47.8 Å². The lowest BCUT2D eigenvalue weighted by Gasteiger charge is -2.45. The monoisotopic (exact) mass is 622 g/mol. The number of likely N-dealkylation sites (tertiary alicyclic amines) is 1. The Bertz CT molecular complexity index is 1550. The number of imide groups is 1. The average Bonchev–Trinajstić information content (AvgIpc) is 3.32. The van der Waals surface area contributed by atoms with Gasteiger partial charge in [0.2, 0.25) is 11.8 Å². The van der Waals surface area contributed by atoms with Crippen LogP contribution in [0.4, 0.5) is 5.69 Å². The van der Waals surface area contributed by atoms with Crippen LogP contribution in [0.15, 0.2) is 72.8 Å². The van der Waals surface area contributed by atoms with Gasteiger partial charge in [-0.3, -0.25) is 24.1 Å². The van der Waals surface area contributed by atoms with Crippen LogP contribution in [0.25, 0.3) is 0 Å². The second kappa shape index (κ2) is 13.3. The third-order valence-corrected chi connectivity index (χ3v) is 9.12. The number of anilines is 1. The van der Waals surface area contributed by atoms with Crippen molar-refractivity contribution in [1.29, 1.82) is 0 Å². The van der Waals surface area contributed by atoms with Crippen molar-refractivity contribution in [2.24, 2.45) is 17.8 Å². The van der Waals surface area contributed by atoms with E-state index in [1.807, 2.05) is 38.1 Å². The molecule has 0 unspecified atom stereocenters. The number of hydrogen-bond donors (Lipinski definition) is 1. The molecule has 1 saturated heterocycles. The smallest absolute Gasteiger partial charge is 0.338 e. The van der Waals surface area contributed by atoms with Crippen molar-refractivity contribution in [2.75, 3.05) is 25.1 Å². The third kappa shape index (κ3) is 6.06. The Kier molecular flexibility index (Phi) is 9.01. The van der Waals surface area contributed by atoms with Gasteiger partial charge < -0.3 is 14.8 Å². The van der Waals surface area contributed by atoms with E-state index in [1.165, 1.54) is 4.90 Å². The minimum absolute atomic E-state index is 0.0971. The van der Waals surface area contributed by atoms with Gasteiger partial charge in [-0.05, 0) is 65.3 Å². The molecule has 9 nitrogen and oxygen atoms in total. The quantitative estimate of drug-likeness (QED) is 0.162.